The van der Waals surface area contributed by atoms with Crippen molar-refractivity contribution in [3.05, 3.63) is 51.0 Å². The van der Waals surface area contributed by atoms with E-state index in [-0.39, 0.29) is 5.78 Å². The first-order valence-electron chi connectivity index (χ1n) is 7.11. The molecule has 0 saturated heterocycles. The van der Waals surface area contributed by atoms with Crippen molar-refractivity contribution in [3.63, 3.8) is 0 Å². The number of aromatic nitrogens is 1. The zero-order valence-corrected chi connectivity index (χ0v) is 13.8. The molecule has 1 aromatic heterocycles. The number of ether oxygens (including phenoxy) is 1. The molecule has 1 heterocycles. The molecule has 112 valence electrons. The van der Waals surface area contributed by atoms with E-state index in [0.717, 1.165) is 28.8 Å². The molecule has 1 aromatic carbocycles. The lowest BCUT2D eigenvalue weighted by Crippen LogP contribution is -2.23. The van der Waals surface area contributed by atoms with Crippen LogP contribution in [0.25, 0.3) is 0 Å². The molecule has 4 heteroatoms. The molecule has 0 aliphatic heterocycles. The lowest BCUT2D eigenvalue weighted by molar-refractivity contribution is 0.0487. The maximum atomic E-state index is 12.4. The zero-order valence-electron chi connectivity index (χ0n) is 13.0. The van der Waals surface area contributed by atoms with Gasteiger partial charge in [0.2, 0.25) is 0 Å². The first kappa shape index (κ1) is 15.9. The van der Waals surface area contributed by atoms with Crippen LogP contribution in [0, 0.1) is 20.8 Å². The van der Waals surface area contributed by atoms with Gasteiger partial charge in [0.15, 0.2) is 5.78 Å². The van der Waals surface area contributed by atoms with Gasteiger partial charge in [-0.3, -0.25) is 4.79 Å². The number of carbonyl (C=O) groups excluding carboxylic acids is 1. The number of thiazole rings is 1. The minimum atomic E-state index is -0.418. The lowest BCUT2D eigenvalue weighted by atomic mass is 9.99. The van der Waals surface area contributed by atoms with Gasteiger partial charge < -0.3 is 4.74 Å². The molecule has 0 radical (unpaired) electrons. The molecule has 0 saturated carbocycles. The van der Waals surface area contributed by atoms with Crippen LogP contribution in [0.5, 0.6) is 0 Å². The molecule has 0 bridgehead atoms. The van der Waals surface area contributed by atoms with E-state index in [2.05, 4.69) is 4.98 Å². The van der Waals surface area contributed by atoms with E-state index in [9.17, 15) is 4.79 Å². The Morgan fingerprint density at radius 3 is 2.76 bits per heavy atom. The molecule has 3 nitrogen and oxygen atoms in total. The quantitative estimate of drug-likeness (QED) is 0.760. The van der Waals surface area contributed by atoms with Crippen molar-refractivity contribution in [2.24, 2.45) is 0 Å². The third-order valence-corrected chi connectivity index (χ3v) is 4.56. The van der Waals surface area contributed by atoms with Gasteiger partial charge in [0.05, 0.1) is 17.8 Å². The van der Waals surface area contributed by atoms with Crippen LogP contribution in [0.15, 0.2) is 23.7 Å². The van der Waals surface area contributed by atoms with Crippen LogP contribution in [0.4, 0.5) is 0 Å². The number of carbonyl (C=O) groups is 1. The third kappa shape index (κ3) is 3.99. The Labute approximate surface area is 130 Å². The number of aryl methyl sites for hydroxylation is 3. The Morgan fingerprint density at radius 2 is 2.10 bits per heavy atom. The molecular formula is C17H21NO2S. The second-order valence-electron chi connectivity index (χ2n) is 5.31. The fourth-order valence-corrected chi connectivity index (χ4v) is 2.95. The van der Waals surface area contributed by atoms with Gasteiger partial charge >= 0.3 is 0 Å². The van der Waals surface area contributed by atoms with Crippen molar-refractivity contribution in [2.45, 2.75) is 40.2 Å². The number of Topliss-reactive ketones (excluding diaryl/α,β-unsaturated/α-hetero) is 1. The molecular weight excluding hydrogens is 282 g/mol. The van der Waals surface area contributed by atoms with Crippen LogP contribution in [-0.2, 0) is 11.2 Å². The molecule has 0 amide bonds. The monoisotopic (exact) mass is 303 g/mol. The minimum absolute atomic E-state index is 0.0530. The summed E-state index contributed by atoms with van der Waals surface area (Å²) in [5.74, 6) is 0.0530. The Balaban J connectivity index is 1.93. The van der Waals surface area contributed by atoms with Gasteiger partial charge in [-0.1, -0.05) is 17.7 Å². The van der Waals surface area contributed by atoms with Gasteiger partial charge in [-0.15, -0.1) is 11.3 Å². The molecule has 21 heavy (non-hydrogen) atoms. The van der Waals surface area contributed by atoms with Crippen molar-refractivity contribution < 1.29 is 9.53 Å². The summed E-state index contributed by atoms with van der Waals surface area (Å²) in [6, 6.07) is 5.94. The van der Waals surface area contributed by atoms with Crippen molar-refractivity contribution in [3.8, 4) is 0 Å². The Morgan fingerprint density at radius 1 is 1.33 bits per heavy atom. The highest BCUT2D eigenvalue weighted by atomic mass is 32.1. The molecule has 0 aliphatic rings. The highest BCUT2D eigenvalue weighted by molar-refractivity contribution is 7.09. The fourth-order valence-electron chi connectivity index (χ4n) is 2.19. The smallest absolute Gasteiger partial charge is 0.191 e. The van der Waals surface area contributed by atoms with Gasteiger partial charge in [0.25, 0.3) is 0 Å². The van der Waals surface area contributed by atoms with Crippen LogP contribution >= 0.6 is 11.3 Å². The Hall–Kier alpha value is -1.52. The van der Waals surface area contributed by atoms with Crippen molar-refractivity contribution in [2.75, 3.05) is 6.61 Å². The number of hydrogen-bond donors (Lipinski definition) is 0. The topological polar surface area (TPSA) is 39.2 Å². The molecule has 0 fully saturated rings. The summed E-state index contributed by atoms with van der Waals surface area (Å²) in [5, 5.41) is 0. The summed E-state index contributed by atoms with van der Waals surface area (Å²) in [7, 11) is 0. The summed E-state index contributed by atoms with van der Waals surface area (Å²) in [5.41, 5.74) is 5.75. The SMILES string of the molecule is Cc1ccc(C)c(C(=O)C(C)OCCc2scnc2C)c1. The summed E-state index contributed by atoms with van der Waals surface area (Å²) in [6.45, 7) is 8.31. The molecule has 0 spiro atoms. The van der Waals surface area contributed by atoms with E-state index in [4.69, 9.17) is 4.74 Å². The summed E-state index contributed by atoms with van der Waals surface area (Å²) < 4.78 is 5.71. The van der Waals surface area contributed by atoms with Crippen LogP contribution in [0.2, 0.25) is 0 Å². The van der Waals surface area contributed by atoms with E-state index in [0.29, 0.717) is 6.61 Å². The fraction of sp³-hybridized carbons (Fsp3) is 0.412. The van der Waals surface area contributed by atoms with Crippen LogP contribution in [0.3, 0.4) is 0 Å². The van der Waals surface area contributed by atoms with Crippen molar-refractivity contribution >= 4 is 17.1 Å². The van der Waals surface area contributed by atoms with Crippen LogP contribution in [-0.4, -0.2) is 23.5 Å². The second-order valence-corrected chi connectivity index (χ2v) is 6.25. The highest BCUT2D eigenvalue weighted by Gasteiger charge is 2.18. The van der Waals surface area contributed by atoms with Crippen LogP contribution < -0.4 is 0 Å². The Kier molecular flexibility index (Phi) is 5.26. The average molecular weight is 303 g/mol. The molecule has 0 N–H and O–H groups in total. The average Bonchev–Trinajstić information content (AvgIpc) is 2.86. The number of rotatable bonds is 6. The Bertz CT molecular complexity index is 633. The maximum absolute atomic E-state index is 12.4. The lowest BCUT2D eigenvalue weighted by Gasteiger charge is -2.14. The van der Waals surface area contributed by atoms with E-state index in [1.54, 1.807) is 11.3 Å². The van der Waals surface area contributed by atoms with E-state index in [1.807, 2.05) is 51.4 Å². The van der Waals surface area contributed by atoms with E-state index >= 15 is 0 Å². The molecule has 2 rings (SSSR count). The van der Waals surface area contributed by atoms with Crippen molar-refractivity contribution in [1.29, 1.82) is 0 Å². The summed E-state index contributed by atoms with van der Waals surface area (Å²) in [4.78, 5) is 17.9. The molecule has 0 aliphatic carbocycles. The third-order valence-electron chi connectivity index (χ3n) is 3.57. The first-order chi connectivity index (χ1) is 9.99. The molecule has 1 unspecified atom stereocenters. The number of nitrogens with zero attached hydrogens (tertiary/aromatic N) is 1. The molecule has 1 atom stereocenters. The van der Waals surface area contributed by atoms with Gasteiger partial charge in [-0.05, 0) is 39.3 Å². The minimum Gasteiger partial charge on any atom is -0.370 e. The zero-order chi connectivity index (χ0) is 15.4. The number of benzene rings is 1. The van der Waals surface area contributed by atoms with Gasteiger partial charge in [-0.2, -0.15) is 0 Å². The normalized spacial score (nSPS) is 12.4. The number of hydrogen-bond acceptors (Lipinski definition) is 4. The standard InChI is InChI=1S/C17H21NO2S/c1-11-5-6-12(2)15(9-11)17(19)14(4)20-8-7-16-13(3)18-10-21-16/h5-6,9-10,14H,7-8H2,1-4H3. The van der Waals surface area contributed by atoms with E-state index < -0.39 is 6.10 Å². The second kappa shape index (κ2) is 6.96. The van der Waals surface area contributed by atoms with Gasteiger partial charge in [0.1, 0.15) is 6.10 Å². The first-order valence-corrected chi connectivity index (χ1v) is 7.99. The predicted molar refractivity (Wildman–Crippen MR) is 86.2 cm³/mol. The van der Waals surface area contributed by atoms with Crippen molar-refractivity contribution in [1.82, 2.24) is 4.98 Å². The predicted octanol–water partition coefficient (Wildman–Crippen LogP) is 3.90. The van der Waals surface area contributed by atoms with Gasteiger partial charge in [-0.25, -0.2) is 4.98 Å². The van der Waals surface area contributed by atoms with Crippen LogP contribution in [0.1, 0.15) is 39.0 Å². The molecule has 2 aromatic rings. The summed E-state index contributed by atoms with van der Waals surface area (Å²) >= 11 is 1.63. The highest BCUT2D eigenvalue weighted by Crippen LogP contribution is 2.16. The maximum Gasteiger partial charge on any atom is 0.191 e. The number of ketones is 1. The summed E-state index contributed by atoms with van der Waals surface area (Å²) in [6.07, 6.45) is 0.389. The van der Waals surface area contributed by atoms with Gasteiger partial charge in [0, 0.05) is 16.9 Å². The van der Waals surface area contributed by atoms with E-state index in [1.165, 1.54) is 4.88 Å². The largest absolute Gasteiger partial charge is 0.370 e.